The van der Waals surface area contributed by atoms with Gasteiger partial charge in [0.2, 0.25) is 5.91 Å². The van der Waals surface area contributed by atoms with Crippen molar-refractivity contribution in [1.82, 2.24) is 30.0 Å². The fourth-order valence-electron chi connectivity index (χ4n) is 4.35. The summed E-state index contributed by atoms with van der Waals surface area (Å²) in [5.74, 6) is 0.176. The number of aromatic nitrogens is 4. The van der Waals surface area contributed by atoms with Crippen LogP contribution in [-0.2, 0) is 17.8 Å². The van der Waals surface area contributed by atoms with Crippen molar-refractivity contribution < 1.29 is 9.59 Å². The maximum absolute atomic E-state index is 12.7. The van der Waals surface area contributed by atoms with Crippen LogP contribution in [0.5, 0.6) is 0 Å². The van der Waals surface area contributed by atoms with Gasteiger partial charge in [-0.2, -0.15) is 5.10 Å². The van der Waals surface area contributed by atoms with Crippen LogP contribution in [0.15, 0.2) is 18.5 Å². The molecule has 1 spiro atoms. The molecule has 1 N–H and O–H groups in total. The highest BCUT2D eigenvalue weighted by Crippen LogP contribution is 2.40. The van der Waals surface area contributed by atoms with Gasteiger partial charge in [0.15, 0.2) is 0 Å². The van der Waals surface area contributed by atoms with Crippen molar-refractivity contribution in [3.05, 3.63) is 41.2 Å². The van der Waals surface area contributed by atoms with Crippen molar-refractivity contribution >= 4 is 11.8 Å². The van der Waals surface area contributed by atoms with Gasteiger partial charge in [-0.1, -0.05) is 6.92 Å². The summed E-state index contributed by atoms with van der Waals surface area (Å²) in [7, 11) is 0. The van der Waals surface area contributed by atoms with E-state index in [9.17, 15) is 9.59 Å². The van der Waals surface area contributed by atoms with E-state index >= 15 is 0 Å². The van der Waals surface area contributed by atoms with Gasteiger partial charge in [-0.3, -0.25) is 24.7 Å². The summed E-state index contributed by atoms with van der Waals surface area (Å²) in [5, 5.41) is 7.08. The van der Waals surface area contributed by atoms with Crippen LogP contribution in [0.25, 0.3) is 0 Å². The lowest BCUT2D eigenvalue weighted by Gasteiger charge is -2.47. The lowest BCUT2D eigenvalue weighted by Crippen LogP contribution is -2.52. The number of likely N-dealkylation sites (tertiary alicyclic amines) is 2. The number of amides is 2. The molecule has 0 radical (unpaired) electrons. The fraction of sp³-hybridized carbons (Fsp3) is 0.571. The number of aromatic amines is 1. The van der Waals surface area contributed by atoms with Crippen molar-refractivity contribution in [1.29, 1.82) is 0 Å². The number of hydrogen-bond donors (Lipinski definition) is 1. The molecule has 2 amide bonds. The highest BCUT2D eigenvalue weighted by molar-refractivity contribution is 5.92. The molecule has 8 heteroatoms. The quantitative estimate of drug-likeness (QED) is 0.854. The Kier molecular flexibility index (Phi) is 5.34. The molecule has 4 rings (SSSR count). The maximum Gasteiger partial charge on any atom is 0.274 e. The van der Waals surface area contributed by atoms with E-state index in [0.29, 0.717) is 31.7 Å². The molecular formula is C21H28N6O2. The van der Waals surface area contributed by atoms with Gasteiger partial charge in [0.1, 0.15) is 5.69 Å². The minimum absolute atomic E-state index is 0.00512. The van der Waals surface area contributed by atoms with Gasteiger partial charge < -0.3 is 9.80 Å². The molecule has 2 saturated heterocycles. The van der Waals surface area contributed by atoms with Crippen LogP contribution < -0.4 is 0 Å². The molecule has 2 aliphatic heterocycles. The van der Waals surface area contributed by atoms with Crippen LogP contribution in [0.4, 0.5) is 0 Å². The molecule has 0 aliphatic carbocycles. The van der Waals surface area contributed by atoms with E-state index in [1.54, 1.807) is 12.4 Å². The molecule has 2 aromatic heterocycles. The number of carbonyl (C=O) groups is 2. The molecule has 8 nitrogen and oxygen atoms in total. The molecule has 0 saturated carbocycles. The second kappa shape index (κ2) is 7.93. The zero-order valence-electron chi connectivity index (χ0n) is 17.1. The van der Waals surface area contributed by atoms with Gasteiger partial charge in [-0.05, 0) is 44.1 Å². The van der Waals surface area contributed by atoms with Crippen molar-refractivity contribution in [2.45, 2.75) is 52.5 Å². The SMILES string of the molecule is CCc1cc(C(=O)N2CCC3(CCC(=O)N(Cc4cnc(C)cn4)C3)CC2)n[nH]1. The number of carbonyl (C=O) groups excluding carboxylic acids is 2. The van der Waals surface area contributed by atoms with Crippen LogP contribution >= 0.6 is 0 Å². The van der Waals surface area contributed by atoms with E-state index in [0.717, 1.165) is 49.3 Å². The molecule has 4 heterocycles. The smallest absolute Gasteiger partial charge is 0.274 e. The predicted molar refractivity (Wildman–Crippen MR) is 107 cm³/mol. The molecular weight excluding hydrogens is 368 g/mol. The van der Waals surface area contributed by atoms with Crippen molar-refractivity contribution in [2.75, 3.05) is 19.6 Å². The second-order valence-electron chi connectivity index (χ2n) is 8.32. The number of nitrogens with zero attached hydrogens (tertiary/aromatic N) is 5. The Bertz CT molecular complexity index is 883. The van der Waals surface area contributed by atoms with Gasteiger partial charge in [0, 0.05) is 37.9 Å². The van der Waals surface area contributed by atoms with Crippen molar-refractivity contribution in [3.8, 4) is 0 Å². The third-order valence-corrected chi connectivity index (χ3v) is 6.28. The van der Waals surface area contributed by atoms with Gasteiger partial charge in [0.25, 0.3) is 5.91 Å². The first kappa shape index (κ1) is 19.5. The Morgan fingerprint density at radius 3 is 2.66 bits per heavy atom. The number of nitrogens with one attached hydrogen (secondary N) is 1. The number of rotatable bonds is 4. The van der Waals surface area contributed by atoms with E-state index in [1.165, 1.54) is 0 Å². The summed E-state index contributed by atoms with van der Waals surface area (Å²) in [4.78, 5) is 37.7. The van der Waals surface area contributed by atoms with Crippen LogP contribution in [0.3, 0.4) is 0 Å². The van der Waals surface area contributed by atoms with Gasteiger partial charge in [-0.25, -0.2) is 0 Å². The Hall–Kier alpha value is -2.77. The van der Waals surface area contributed by atoms with E-state index in [4.69, 9.17) is 0 Å². The topological polar surface area (TPSA) is 95.1 Å². The fourth-order valence-corrected chi connectivity index (χ4v) is 4.35. The zero-order chi connectivity index (χ0) is 20.4. The van der Waals surface area contributed by atoms with Crippen LogP contribution in [0, 0.1) is 12.3 Å². The molecule has 29 heavy (non-hydrogen) atoms. The first-order valence-electron chi connectivity index (χ1n) is 10.4. The predicted octanol–water partition coefficient (Wildman–Crippen LogP) is 2.12. The first-order valence-corrected chi connectivity index (χ1v) is 10.4. The van der Waals surface area contributed by atoms with E-state index in [1.807, 2.05) is 29.7 Å². The largest absolute Gasteiger partial charge is 0.337 e. The molecule has 2 aromatic rings. The lowest BCUT2D eigenvalue weighted by molar-refractivity contribution is -0.139. The van der Waals surface area contributed by atoms with Gasteiger partial charge in [0.05, 0.1) is 24.1 Å². The minimum Gasteiger partial charge on any atom is -0.337 e. The molecule has 154 valence electrons. The summed E-state index contributed by atoms with van der Waals surface area (Å²) >= 11 is 0. The molecule has 2 fully saturated rings. The zero-order valence-corrected chi connectivity index (χ0v) is 17.1. The summed E-state index contributed by atoms with van der Waals surface area (Å²) < 4.78 is 0. The van der Waals surface area contributed by atoms with Crippen LogP contribution in [-0.4, -0.2) is 61.4 Å². The van der Waals surface area contributed by atoms with Gasteiger partial charge in [-0.15, -0.1) is 0 Å². The standard InChI is InChI=1S/C21H28N6O2/c1-3-16-10-18(25-24-16)20(29)26-8-6-21(7-9-26)5-4-19(28)27(14-21)13-17-12-22-15(2)11-23-17/h10-12H,3-9,13-14H2,1-2H3,(H,24,25). The third kappa shape index (κ3) is 4.16. The number of aryl methyl sites for hydroxylation is 2. The summed E-state index contributed by atoms with van der Waals surface area (Å²) in [5.41, 5.74) is 3.25. The van der Waals surface area contributed by atoms with E-state index in [2.05, 4.69) is 20.2 Å². The highest BCUT2D eigenvalue weighted by atomic mass is 16.2. The average Bonchev–Trinajstić information content (AvgIpc) is 3.22. The number of H-pyrrole nitrogens is 1. The Morgan fingerprint density at radius 1 is 1.21 bits per heavy atom. The van der Waals surface area contributed by atoms with Gasteiger partial charge >= 0.3 is 0 Å². The minimum atomic E-state index is -0.00512. The Morgan fingerprint density at radius 2 is 2.00 bits per heavy atom. The summed E-state index contributed by atoms with van der Waals surface area (Å²) in [6.07, 6.45) is 7.60. The maximum atomic E-state index is 12.7. The van der Waals surface area contributed by atoms with Crippen LogP contribution in [0.2, 0.25) is 0 Å². The number of hydrogen-bond acceptors (Lipinski definition) is 5. The Balaban J connectivity index is 1.38. The van der Waals surface area contributed by atoms with Crippen LogP contribution in [0.1, 0.15) is 60.2 Å². The van der Waals surface area contributed by atoms with E-state index in [-0.39, 0.29) is 17.2 Å². The van der Waals surface area contributed by atoms with Crippen molar-refractivity contribution in [3.63, 3.8) is 0 Å². The summed E-state index contributed by atoms with van der Waals surface area (Å²) in [6, 6.07) is 1.84. The monoisotopic (exact) mass is 396 g/mol. The molecule has 0 unspecified atom stereocenters. The molecule has 0 bridgehead atoms. The van der Waals surface area contributed by atoms with E-state index < -0.39 is 0 Å². The normalized spacial score (nSPS) is 19.0. The van der Waals surface area contributed by atoms with Crippen molar-refractivity contribution in [2.24, 2.45) is 5.41 Å². The molecule has 0 aromatic carbocycles. The third-order valence-electron chi connectivity index (χ3n) is 6.28. The lowest BCUT2D eigenvalue weighted by atomic mass is 9.72. The first-order chi connectivity index (χ1) is 14.0. The summed E-state index contributed by atoms with van der Waals surface area (Å²) in [6.45, 7) is 6.58. The highest BCUT2D eigenvalue weighted by Gasteiger charge is 2.42. The average molecular weight is 396 g/mol. The second-order valence-corrected chi connectivity index (χ2v) is 8.32. The Labute approximate surface area is 170 Å². The molecule has 2 aliphatic rings. The molecule has 0 atom stereocenters. The number of piperidine rings is 2.